The van der Waals surface area contributed by atoms with Crippen LogP contribution in [0.1, 0.15) is 32.7 Å². The zero-order valence-corrected chi connectivity index (χ0v) is 18.4. The van der Waals surface area contributed by atoms with Crippen LogP contribution in [0, 0.1) is 13.8 Å². The Morgan fingerprint density at radius 1 is 1.03 bits per heavy atom. The van der Waals surface area contributed by atoms with E-state index in [1.54, 1.807) is 18.6 Å². The van der Waals surface area contributed by atoms with E-state index in [0.29, 0.717) is 34.6 Å². The number of fused-ring (bicyclic) bond motifs is 1. The molecule has 1 N–H and O–H groups in total. The average Bonchev–Trinajstić information content (AvgIpc) is 3.48. The summed E-state index contributed by atoms with van der Waals surface area (Å²) in [6, 6.07) is 18.0. The second kappa shape index (κ2) is 8.70. The predicted molar refractivity (Wildman–Crippen MR) is 126 cm³/mol. The molecule has 7 heteroatoms. The number of rotatable bonds is 6. The van der Waals surface area contributed by atoms with Gasteiger partial charge in [-0.05, 0) is 31.0 Å². The van der Waals surface area contributed by atoms with Gasteiger partial charge in [0, 0.05) is 31.0 Å². The monoisotopic (exact) mass is 437 g/mol. The van der Waals surface area contributed by atoms with Gasteiger partial charge in [0.05, 0.1) is 28.7 Å². The van der Waals surface area contributed by atoms with Crippen molar-refractivity contribution < 1.29 is 9.32 Å². The van der Waals surface area contributed by atoms with Crippen molar-refractivity contribution in [2.75, 3.05) is 0 Å². The molecule has 3 aromatic heterocycles. The maximum atomic E-state index is 13.2. The van der Waals surface area contributed by atoms with E-state index < -0.39 is 0 Å². The van der Waals surface area contributed by atoms with Gasteiger partial charge in [0.2, 0.25) is 0 Å². The van der Waals surface area contributed by atoms with Crippen molar-refractivity contribution in [2.24, 2.45) is 0 Å². The van der Waals surface area contributed by atoms with E-state index in [9.17, 15) is 4.79 Å². The van der Waals surface area contributed by atoms with Crippen LogP contribution in [0.2, 0.25) is 0 Å². The van der Waals surface area contributed by atoms with Gasteiger partial charge in [-0.15, -0.1) is 0 Å². The Balaban J connectivity index is 1.36. The molecular formula is C26H23N5O2. The van der Waals surface area contributed by atoms with Crippen molar-refractivity contribution >= 4 is 17.0 Å². The smallest absolute Gasteiger partial charge is 0.259 e. The number of benzene rings is 2. The first-order valence-electron chi connectivity index (χ1n) is 10.7. The highest BCUT2D eigenvalue weighted by Gasteiger charge is 2.19. The number of amides is 1. The van der Waals surface area contributed by atoms with Crippen molar-refractivity contribution in [1.82, 2.24) is 25.0 Å². The quantitative estimate of drug-likeness (QED) is 0.417. The van der Waals surface area contributed by atoms with Crippen molar-refractivity contribution in [3.8, 4) is 11.3 Å². The Bertz CT molecular complexity index is 1400. The highest BCUT2D eigenvalue weighted by molar-refractivity contribution is 6.06. The fourth-order valence-electron chi connectivity index (χ4n) is 3.78. The Morgan fingerprint density at radius 2 is 1.79 bits per heavy atom. The number of aromatic nitrogens is 4. The fourth-order valence-corrected chi connectivity index (χ4v) is 3.78. The molecule has 0 saturated heterocycles. The highest BCUT2D eigenvalue weighted by Crippen LogP contribution is 2.27. The molecule has 1 amide bonds. The summed E-state index contributed by atoms with van der Waals surface area (Å²) in [5.41, 5.74) is 6.44. The van der Waals surface area contributed by atoms with Crippen LogP contribution < -0.4 is 5.32 Å². The predicted octanol–water partition coefficient (Wildman–Crippen LogP) is 4.68. The summed E-state index contributed by atoms with van der Waals surface area (Å²) >= 11 is 0. The molecule has 33 heavy (non-hydrogen) atoms. The number of imidazole rings is 1. The van der Waals surface area contributed by atoms with Gasteiger partial charge in [-0.1, -0.05) is 59.3 Å². The summed E-state index contributed by atoms with van der Waals surface area (Å²) in [6.45, 7) is 5.02. The van der Waals surface area contributed by atoms with Gasteiger partial charge in [0.1, 0.15) is 0 Å². The molecule has 0 aliphatic rings. The van der Waals surface area contributed by atoms with Crippen LogP contribution in [0.5, 0.6) is 0 Å². The third-order valence-electron chi connectivity index (χ3n) is 5.61. The Labute approximate surface area is 191 Å². The van der Waals surface area contributed by atoms with Gasteiger partial charge in [-0.2, -0.15) is 0 Å². The van der Waals surface area contributed by atoms with Crippen LogP contribution in [0.25, 0.3) is 22.4 Å². The van der Waals surface area contributed by atoms with E-state index in [0.717, 1.165) is 23.2 Å². The molecule has 0 saturated carbocycles. The fraction of sp³-hybridized carbons (Fsp3) is 0.154. The van der Waals surface area contributed by atoms with Crippen molar-refractivity contribution in [2.45, 2.75) is 26.9 Å². The summed E-state index contributed by atoms with van der Waals surface area (Å²) in [5, 5.41) is 7.69. The maximum Gasteiger partial charge on any atom is 0.259 e. The van der Waals surface area contributed by atoms with Crippen molar-refractivity contribution in [3.05, 3.63) is 101 Å². The molecule has 3 heterocycles. The van der Waals surface area contributed by atoms with Gasteiger partial charge in [0.25, 0.3) is 11.6 Å². The first-order chi connectivity index (χ1) is 16.1. The molecule has 164 valence electrons. The molecule has 0 bridgehead atoms. The number of hydrogen-bond donors (Lipinski definition) is 1. The van der Waals surface area contributed by atoms with Gasteiger partial charge in [-0.25, -0.2) is 9.97 Å². The first kappa shape index (κ1) is 20.6. The second-order valence-corrected chi connectivity index (χ2v) is 8.10. The van der Waals surface area contributed by atoms with Crippen molar-refractivity contribution in [1.29, 1.82) is 0 Å². The van der Waals surface area contributed by atoms with Crippen LogP contribution in [0.4, 0.5) is 0 Å². The number of aryl methyl sites for hydroxylation is 2. The standard InChI is InChI=1S/C26H23N5O2/c1-17-3-9-21(10-4-17)23-13-22(24-18(2)30-33-26(24)29-23)25(32)28-14-19-5-7-20(8-6-19)15-31-12-11-27-16-31/h3-13,16H,14-15H2,1-2H3,(H,28,32). The summed E-state index contributed by atoms with van der Waals surface area (Å²) in [4.78, 5) is 21.8. The minimum Gasteiger partial charge on any atom is -0.348 e. The third kappa shape index (κ3) is 4.39. The SMILES string of the molecule is Cc1ccc(-c2cc(C(=O)NCc3ccc(Cn4ccnc4)cc3)c3c(C)noc3n2)cc1. The lowest BCUT2D eigenvalue weighted by Gasteiger charge is -2.09. The largest absolute Gasteiger partial charge is 0.348 e. The lowest BCUT2D eigenvalue weighted by atomic mass is 10.0. The van der Waals surface area contributed by atoms with Gasteiger partial charge in [-0.3, -0.25) is 4.79 Å². The lowest BCUT2D eigenvalue weighted by Crippen LogP contribution is -2.23. The van der Waals surface area contributed by atoms with Crippen LogP contribution in [0.15, 0.2) is 77.8 Å². The summed E-state index contributed by atoms with van der Waals surface area (Å²) in [7, 11) is 0. The zero-order chi connectivity index (χ0) is 22.8. The molecule has 7 nitrogen and oxygen atoms in total. The molecule has 0 aliphatic heterocycles. The first-order valence-corrected chi connectivity index (χ1v) is 10.7. The molecule has 0 unspecified atom stereocenters. The number of carbonyl (C=O) groups excluding carboxylic acids is 1. The molecule has 2 aromatic carbocycles. The van der Waals surface area contributed by atoms with Gasteiger partial charge >= 0.3 is 0 Å². The normalized spacial score (nSPS) is 11.1. The second-order valence-electron chi connectivity index (χ2n) is 8.10. The molecule has 5 aromatic rings. The maximum absolute atomic E-state index is 13.2. The summed E-state index contributed by atoms with van der Waals surface area (Å²) in [5.74, 6) is -0.190. The number of pyridine rings is 1. The molecule has 0 aliphatic carbocycles. The summed E-state index contributed by atoms with van der Waals surface area (Å²) in [6.07, 6.45) is 5.49. The van der Waals surface area contributed by atoms with Crippen LogP contribution >= 0.6 is 0 Å². The van der Waals surface area contributed by atoms with E-state index in [-0.39, 0.29) is 5.91 Å². The number of carbonyl (C=O) groups is 1. The Morgan fingerprint density at radius 3 is 2.52 bits per heavy atom. The lowest BCUT2D eigenvalue weighted by molar-refractivity contribution is 0.0952. The molecule has 0 radical (unpaired) electrons. The number of nitrogens with zero attached hydrogens (tertiary/aromatic N) is 4. The summed E-state index contributed by atoms with van der Waals surface area (Å²) < 4.78 is 7.41. The van der Waals surface area contributed by atoms with Crippen molar-refractivity contribution in [3.63, 3.8) is 0 Å². The Kier molecular flexibility index (Phi) is 5.44. The zero-order valence-electron chi connectivity index (χ0n) is 18.4. The highest BCUT2D eigenvalue weighted by atomic mass is 16.5. The van der Waals surface area contributed by atoms with Crippen LogP contribution in [-0.2, 0) is 13.1 Å². The third-order valence-corrected chi connectivity index (χ3v) is 5.61. The van der Waals surface area contributed by atoms with Crippen LogP contribution in [-0.4, -0.2) is 25.6 Å². The Hall–Kier alpha value is -4.26. The van der Waals surface area contributed by atoms with E-state index >= 15 is 0 Å². The van der Waals surface area contributed by atoms with Crippen LogP contribution in [0.3, 0.4) is 0 Å². The topological polar surface area (TPSA) is 85.8 Å². The molecule has 0 fully saturated rings. The molecular weight excluding hydrogens is 414 g/mol. The molecule has 0 spiro atoms. The molecule has 5 rings (SSSR count). The number of nitrogens with one attached hydrogen (secondary N) is 1. The van der Waals surface area contributed by atoms with E-state index in [4.69, 9.17) is 4.52 Å². The molecule has 0 atom stereocenters. The number of hydrogen-bond acceptors (Lipinski definition) is 5. The van der Waals surface area contributed by atoms with Gasteiger partial charge in [0.15, 0.2) is 0 Å². The average molecular weight is 438 g/mol. The minimum absolute atomic E-state index is 0.190. The van der Waals surface area contributed by atoms with E-state index in [1.165, 1.54) is 5.56 Å². The van der Waals surface area contributed by atoms with E-state index in [2.05, 4.69) is 32.6 Å². The van der Waals surface area contributed by atoms with Gasteiger partial charge < -0.3 is 14.4 Å². The van der Waals surface area contributed by atoms with E-state index in [1.807, 2.05) is 61.0 Å². The minimum atomic E-state index is -0.190.